The fraction of sp³-hybridized carbons (Fsp3) is 0.0833. The summed E-state index contributed by atoms with van der Waals surface area (Å²) in [4.78, 5) is 4.35. The van der Waals surface area contributed by atoms with Gasteiger partial charge in [-0.1, -0.05) is 24.3 Å². The number of hydrogen-bond donors (Lipinski definition) is 0. The van der Waals surface area contributed by atoms with Crippen LogP contribution in [-0.4, -0.2) is 4.98 Å². The number of fused-ring (bicyclic) bond motifs is 3. The van der Waals surface area contributed by atoms with Crippen molar-refractivity contribution in [3.8, 4) is 0 Å². The molecule has 0 aliphatic heterocycles. The first kappa shape index (κ1) is 7.94. The van der Waals surface area contributed by atoms with E-state index in [1.54, 1.807) is 11.3 Å². The fourth-order valence-corrected chi connectivity index (χ4v) is 2.68. The Kier molecular flexibility index (Phi) is 1.58. The van der Waals surface area contributed by atoms with Crippen LogP contribution in [-0.2, 0) is 0 Å². The van der Waals surface area contributed by atoms with Gasteiger partial charge in [0.2, 0.25) is 0 Å². The van der Waals surface area contributed by atoms with E-state index >= 15 is 0 Å². The van der Waals surface area contributed by atoms with Crippen LogP contribution in [0.3, 0.4) is 0 Å². The highest BCUT2D eigenvalue weighted by molar-refractivity contribution is 7.17. The lowest BCUT2D eigenvalue weighted by atomic mass is 10.1. The second-order valence-electron chi connectivity index (χ2n) is 3.44. The van der Waals surface area contributed by atoms with Crippen molar-refractivity contribution in [2.24, 2.45) is 0 Å². The Balaban J connectivity index is 2.67. The summed E-state index contributed by atoms with van der Waals surface area (Å²) in [5, 5.41) is 2.66. The zero-order chi connectivity index (χ0) is 9.54. The zero-order valence-corrected chi connectivity index (χ0v) is 8.64. The fourth-order valence-electron chi connectivity index (χ4n) is 1.87. The van der Waals surface area contributed by atoms with Gasteiger partial charge in [-0.3, -0.25) is 0 Å². The van der Waals surface area contributed by atoms with Gasteiger partial charge in [0.25, 0.3) is 0 Å². The zero-order valence-electron chi connectivity index (χ0n) is 7.82. The molecule has 0 aliphatic rings. The minimum Gasteiger partial charge on any atom is -0.245 e. The number of nitrogens with zero attached hydrogens (tertiary/aromatic N) is 1. The summed E-state index contributed by atoms with van der Waals surface area (Å²) < 4.78 is 1.30. The third-order valence-electron chi connectivity index (χ3n) is 2.54. The molecular weight excluding hydrogens is 190 g/mol. The molecule has 0 bridgehead atoms. The van der Waals surface area contributed by atoms with E-state index < -0.39 is 0 Å². The molecule has 0 amide bonds. The maximum absolute atomic E-state index is 4.35. The van der Waals surface area contributed by atoms with Gasteiger partial charge in [0.1, 0.15) is 0 Å². The first-order chi connectivity index (χ1) is 6.86. The molecule has 0 spiro atoms. The predicted octanol–water partition coefficient (Wildman–Crippen LogP) is 3.76. The lowest BCUT2D eigenvalue weighted by Gasteiger charge is -2.01. The van der Waals surface area contributed by atoms with Crippen molar-refractivity contribution in [1.82, 2.24) is 4.98 Å². The van der Waals surface area contributed by atoms with Gasteiger partial charge in [-0.2, -0.15) is 0 Å². The maximum atomic E-state index is 4.35. The first-order valence-corrected chi connectivity index (χ1v) is 5.46. The SMILES string of the molecule is Cc1cc2ncsc2c2ccccc12. The van der Waals surface area contributed by atoms with Crippen LogP contribution in [0.4, 0.5) is 0 Å². The summed E-state index contributed by atoms with van der Waals surface area (Å²) in [6.07, 6.45) is 0. The van der Waals surface area contributed by atoms with E-state index in [1.807, 2.05) is 5.51 Å². The number of rotatable bonds is 0. The van der Waals surface area contributed by atoms with E-state index in [0.717, 1.165) is 5.52 Å². The Morgan fingerprint density at radius 1 is 1.14 bits per heavy atom. The van der Waals surface area contributed by atoms with Crippen molar-refractivity contribution in [2.45, 2.75) is 6.92 Å². The molecule has 0 saturated carbocycles. The Labute approximate surface area is 86.0 Å². The average molecular weight is 199 g/mol. The molecule has 2 aromatic carbocycles. The monoisotopic (exact) mass is 199 g/mol. The molecule has 1 nitrogen and oxygen atoms in total. The summed E-state index contributed by atoms with van der Waals surface area (Å²) >= 11 is 1.71. The Bertz CT molecular complexity index is 610. The van der Waals surface area contributed by atoms with Gasteiger partial charge in [-0.25, -0.2) is 4.98 Å². The summed E-state index contributed by atoms with van der Waals surface area (Å²) in [6.45, 7) is 2.14. The molecule has 0 radical (unpaired) electrons. The molecule has 0 unspecified atom stereocenters. The Morgan fingerprint density at radius 3 is 2.79 bits per heavy atom. The molecule has 2 heteroatoms. The van der Waals surface area contributed by atoms with Crippen LogP contribution >= 0.6 is 11.3 Å². The van der Waals surface area contributed by atoms with Crippen molar-refractivity contribution >= 4 is 32.3 Å². The standard InChI is InChI=1S/C12H9NS/c1-8-6-11-12(14-7-13-11)10-5-3-2-4-9(8)10/h2-7H,1H3. The van der Waals surface area contributed by atoms with Gasteiger partial charge in [-0.15, -0.1) is 11.3 Å². The minimum atomic E-state index is 1.12. The number of hydrogen-bond acceptors (Lipinski definition) is 2. The van der Waals surface area contributed by atoms with Gasteiger partial charge < -0.3 is 0 Å². The smallest absolute Gasteiger partial charge is 0.0821 e. The average Bonchev–Trinajstić information content (AvgIpc) is 2.66. The van der Waals surface area contributed by atoms with Gasteiger partial charge in [0.05, 0.1) is 15.7 Å². The van der Waals surface area contributed by atoms with Crippen LogP contribution in [0.1, 0.15) is 5.56 Å². The highest BCUT2D eigenvalue weighted by Crippen LogP contribution is 2.30. The van der Waals surface area contributed by atoms with E-state index in [-0.39, 0.29) is 0 Å². The van der Waals surface area contributed by atoms with Crippen LogP contribution < -0.4 is 0 Å². The molecule has 0 fully saturated rings. The minimum absolute atomic E-state index is 1.12. The van der Waals surface area contributed by atoms with E-state index in [0.29, 0.717) is 0 Å². The second kappa shape index (κ2) is 2.79. The summed E-state index contributed by atoms with van der Waals surface area (Å²) in [5.41, 5.74) is 4.33. The van der Waals surface area contributed by atoms with Crippen molar-refractivity contribution < 1.29 is 0 Å². The van der Waals surface area contributed by atoms with E-state index in [4.69, 9.17) is 0 Å². The highest BCUT2D eigenvalue weighted by Gasteiger charge is 2.04. The lowest BCUT2D eigenvalue weighted by Crippen LogP contribution is -1.78. The third-order valence-corrected chi connectivity index (χ3v) is 3.42. The Morgan fingerprint density at radius 2 is 1.93 bits per heavy atom. The summed E-state index contributed by atoms with van der Waals surface area (Å²) in [6, 6.07) is 10.7. The molecule has 1 heterocycles. The quantitative estimate of drug-likeness (QED) is 0.537. The predicted molar refractivity (Wildman–Crippen MR) is 61.9 cm³/mol. The maximum Gasteiger partial charge on any atom is 0.0821 e. The number of benzene rings is 2. The molecule has 68 valence electrons. The highest BCUT2D eigenvalue weighted by atomic mass is 32.1. The summed E-state index contributed by atoms with van der Waals surface area (Å²) in [7, 11) is 0. The van der Waals surface area contributed by atoms with Crippen LogP contribution in [0.2, 0.25) is 0 Å². The number of thiazole rings is 1. The second-order valence-corrected chi connectivity index (χ2v) is 4.29. The molecule has 3 aromatic rings. The molecule has 3 rings (SSSR count). The molecule has 0 saturated heterocycles. The molecular formula is C12H9NS. The molecule has 0 N–H and O–H groups in total. The topological polar surface area (TPSA) is 12.9 Å². The normalized spacial score (nSPS) is 11.2. The summed E-state index contributed by atoms with van der Waals surface area (Å²) in [5.74, 6) is 0. The van der Waals surface area contributed by atoms with Crippen molar-refractivity contribution in [2.75, 3.05) is 0 Å². The van der Waals surface area contributed by atoms with Crippen LogP contribution in [0.25, 0.3) is 21.0 Å². The number of aromatic nitrogens is 1. The first-order valence-electron chi connectivity index (χ1n) is 4.58. The molecule has 0 atom stereocenters. The van der Waals surface area contributed by atoms with Crippen LogP contribution in [0.15, 0.2) is 35.8 Å². The molecule has 0 aliphatic carbocycles. The molecule has 14 heavy (non-hydrogen) atoms. The third kappa shape index (κ3) is 0.976. The largest absolute Gasteiger partial charge is 0.245 e. The van der Waals surface area contributed by atoms with Gasteiger partial charge >= 0.3 is 0 Å². The van der Waals surface area contributed by atoms with Crippen molar-refractivity contribution in [3.63, 3.8) is 0 Å². The van der Waals surface area contributed by atoms with E-state index in [1.165, 1.54) is 21.0 Å². The Hall–Kier alpha value is -1.41. The molecule has 1 aromatic heterocycles. The van der Waals surface area contributed by atoms with E-state index in [2.05, 4.69) is 42.2 Å². The van der Waals surface area contributed by atoms with Gasteiger partial charge in [0.15, 0.2) is 0 Å². The van der Waals surface area contributed by atoms with Crippen LogP contribution in [0, 0.1) is 6.92 Å². The van der Waals surface area contributed by atoms with Gasteiger partial charge in [-0.05, 0) is 23.9 Å². The lowest BCUT2D eigenvalue weighted by molar-refractivity contribution is 1.47. The van der Waals surface area contributed by atoms with E-state index in [9.17, 15) is 0 Å². The van der Waals surface area contributed by atoms with Crippen molar-refractivity contribution in [3.05, 3.63) is 41.4 Å². The number of aryl methyl sites for hydroxylation is 1. The van der Waals surface area contributed by atoms with Crippen LogP contribution in [0.5, 0.6) is 0 Å². The van der Waals surface area contributed by atoms with Crippen molar-refractivity contribution in [1.29, 1.82) is 0 Å². The van der Waals surface area contributed by atoms with Gasteiger partial charge in [0, 0.05) is 5.39 Å².